The van der Waals surface area contributed by atoms with Crippen LogP contribution in [0.25, 0.3) is 0 Å². The predicted octanol–water partition coefficient (Wildman–Crippen LogP) is 8.20. The molecule has 0 saturated heterocycles. The lowest BCUT2D eigenvalue weighted by atomic mass is 9.81. The van der Waals surface area contributed by atoms with Crippen LogP contribution in [0.3, 0.4) is 0 Å². The SMILES string of the molecule is CCC[N+]1=C(/C=C/C2=C(Cl)C(=C/C=C3/N(CCCS(=O)(=O)O)c4ccccc4C3(C)C)/CC2)C(C)(C)c2ccccc21. The maximum absolute atomic E-state index is 11.4. The van der Waals surface area contributed by atoms with E-state index >= 15 is 0 Å². The van der Waals surface area contributed by atoms with Gasteiger partial charge in [0.2, 0.25) is 5.69 Å². The van der Waals surface area contributed by atoms with Gasteiger partial charge in [-0.15, -0.1) is 0 Å². The van der Waals surface area contributed by atoms with Crippen molar-refractivity contribution in [2.45, 2.75) is 71.1 Å². The summed E-state index contributed by atoms with van der Waals surface area (Å²) in [5.41, 5.74) is 9.24. The lowest BCUT2D eigenvalue weighted by Crippen LogP contribution is -2.28. The summed E-state index contributed by atoms with van der Waals surface area (Å²) in [6.45, 7) is 12.7. The van der Waals surface area contributed by atoms with Gasteiger partial charge in [0.1, 0.15) is 6.54 Å². The average Bonchev–Trinajstić information content (AvgIpc) is 3.47. The third-order valence-corrected chi connectivity index (χ3v) is 10.2. The van der Waals surface area contributed by atoms with Crippen molar-refractivity contribution in [1.29, 1.82) is 0 Å². The zero-order valence-corrected chi connectivity index (χ0v) is 26.9. The first-order valence-electron chi connectivity index (χ1n) is 14.9. The number of hydrogen-bond donors (Lipinski definition) is 1. The summed E-state index contributed by atoms with van der Waals surface area (Å²) in [6, 6.07) is 17.0. The van der Waals surface area contributed by atoms with Gasteiger partial charge in [-0.1, -0.05) is 80.9 Å². The van der Waals surface area contributed by atoms with Gasteiger partial charge in [-0.2, -0.15) is 13.0 Å². The molecule has 0 amide bonds. The summed E-state index contributed by atoms with van der Waals surface area (Å²) < 4.78 is 34.5. The number of rotatable bonds is 9. The maximum atomic E-state index is 11.4. The Balaban J connectivity index is 1.44. The lowest BCUT2D eigenvalue weighted by Gasteiger charge is -2.27. The first-order chi connectivity index (χ1) is 19.9. The molecule has 1 aliphatic carbocycles. The van der Waals surface area contributed by atoms with E-state index < -0.39 is 10.1 Å². The number of anilines is 1. The maximum Gasteiger partial charge on any atom is 0.264 e. The van der Waals surface area contributed by atoms with E-state index in [2.05, 4.69) is 105 Å². The Hall–Kier alpha value is -2.93. The molecule has 1 N–H and O–H groups in total. The molecule has 222 valence electrons. The van der Waals surface area contributed by atoms with Crippen LogP contribution in [0.2, 0.25) is 0 Å². The van der Waals surface area contributed by atoms with E-state index in [9.17, 15) is 13.0 Å². The Morgan fingerprint density at radius 3 is 2.36 bits per heavy atom. The fourth-order valence-corrected chi connectivity index (χ4v) is 7.57. The highest BCUT2D eigenvalue weighted by molar-refractivity contribution is 7.85. The Kier molecular flexibility index (Phi) is 8.45. The van der Waals surface area contributed by atoms with Crippen LogP contribution in [-0.4, -0.2) is 42.1 Å². The molecule has 2 aromatic carbocycles. The van der Waals surface area contributed by atoms with Crippen molar-refractivity contribution >= 4 is 38.8 Å². The molecular weight excluding hydrogens is 564 g/mol. The van der Waals surface area contributed by atoms with Crippen LogP contribution in [-0.2, 0) is 20.9 Å². The minimum Gasteiger partial charge on any atom is -0.344 e. The van der Waals surface area contributed by atoms with Crippen molar-refractivity contribution < 1.29 is 17.5 Å². The first kappa shape index (κ1) is 30.5. The third-order valence-electron chi connectivity index (χ3n) is 8.94. The molecule has 42 heavy (non-hydrogen) atoms. The molecule has 0 fully saturated rings. The monoisotopic (exact) mass is 605 g/mol. The Morgan fingerprint density at radius 2 is 1.64 bits per heavy atom. The molecule has 0 saturated carbocycles. The van der Waals surface area contributed by atoms with Crippen molar-refractivity contribution in [2.75, 3.05) is 23.7 Å². The van der Waals surface area contributed by atoms with Gasteiger partial charge in [-0.3, -0.25) is 4.55 Å². The molecule has 3 aliphatic rings. The van der Waals surface area contributed by atoms with E-state index in [1.807, 2.05) is 12.1 Å². The fraction of sp³-hybridized carbons (Fsp3) is 0.400. The molecule has 0 spiro atoms. The highest BCUT2D eigenvalue weighted by Crippen LogP contribution is 2.48. The van der Waals surface area contributed by atoms with E-state index in [-0.39, 0.29) is 16.6 Å². The highest BCUT2D eigenvalue weighted by Gasteiger charge is 2.44. The molecule has 0 atom stereocenters. The molecule has 2 aromatic rings. The summed E-state index contributed by atoms with van der Waals surface area (Å²) >= 11 is 7.00. The summed E-state index contributed by atoms with van der Waals surface area (Å²) in [5, 5.41) is 0.810. The largest absolute Gasteiger partial charge is 0.344 e. The summed E-state index contributed by atoms with van der Waals surface area (Å²) in [4.78, 5) is 2.18. The van der Waals surface area contributed by atoms with Gasteiger partial charge in [-0.05, 0) is 62.0 Å². The number of allylic oxidation sites excluding steroid dienone is 8. The van der Waals surface area contributed by atoms with E-state index in [4.69, 9.17) is 11.6 Å². The molecule has 0 unspecified atom stereocenters. The van der Waals surface area contributed by atoms with E-state index in [1.165, 1.54) is 22.5 Å². The van der Waals surface area contributed by atoms with Crippen molar-refractivity contribution in [3.8, 4) is 0 Å². The van der Waals surface area contributed by atoms with Crippen LogP contribution in [0.1, 0.15) is 71.4 Å². The number of halogens is 1. The van der Waals surface area contributed by atoms with Gasteiger partial charge in [0.05, 0.1) is 11.2 Å². The second-order valence-electron chi connectivity index (χ2n) is 12.5. The second kappa shape index (κ2) is 11.6. The Bertz CT molecular complexity index is 1660. The molecule has 2 heterocycles. The molecule has 0 radical (unpaired) electrons. The Labute approximate surface area is 256 Å². The lowest BCUT2D eigenvalue weighted by molar-refractivity contribution is -0.437. The average molecular weight is 606 g/mol. The smallest absolute Gasteiger partial charge is 0.264 e. The van der Waals surface area contributed by atoms with Gasteiger partial charge >= 0.3 is 0 Å². The van der Waals surface area contributed by atoms with Crippen LogP contribution < -0.4 is 4.90 Å². The third kappa shape index (κ3) is 5.69. The second-order valence-corrected chi connectivity index (χ2v) is 14.5. The van der Waals surface area contributed by atoms with Crippen molar-refractivity contribution in [3.05, 3.63) is 106 Å². The zero-order chi connectivity index (χ0) is 30.3. The summed E-state index contributed by atoms with van der Waals surface area (Å²) in [7, 11) is -4.01. The van der Waals surface area contributed by atoms with Crippen LogP contribution in [0, 0.1) is 0 Å². The number of hydrogen-bond acceptors (Lipinski definition) is 3. The van der Waals surface area contributed by atoms with Crippen molar-refractivity contribution in [1.82, 2.24) is 0 Å². The summed E-state index contributed by atoms with van der Waals surface area (Å²) in [5.74, 6) is -0.263. The van der Waals surface area contributed by atoms with Crippen LogP contribution in [0.5, 0.6) is 0 Å². The highest BCUT2D eigenvalue weighted by atomic mass is 35.5. The van der Waals surface area contributed by atoms with Gasteiger partial charge in [0.15, 0.2) is 5.71 Å². The normalized spacial score (nSPS) is 21.4. The van der Waals surface area contributed by atoms with Crippen LogP contribution >= 0.6 is 11.6 Å². The minimum atomic E-state index is -4.01. The van der Waals surface area contributed by atoms with Gasteiger partial charge < -0.3 is 4.90 Å². The topological polar surface area (TPSA) is 60.6 Å². The molecule has 2 aliphatic heterocycles. The molecule has 0 bridgehead atoms. The van der Waals surface area contributed by atoms with Crippen LogP contribution in [0.4, 0.5) is 11.4 Å². The number of para-hydroxylation sites is 2. The van der Waals surface area contributed by atoms with E-state index in [0.29, 0.717) is 13.0 Å². The molecular formula is C35H42ClN2O3S+. The molecule has 5 rings (SSSR count). The van der Waals surface area contributed by atoms with Crippen molar-refractivity contribution in [3.63, 3.8) is 0 Å². The standard InChI is InChI=1S/C35H41ClN2O3S/c1-6-22-37-29-14-9-7-12-27(29)34(2,3)31(37)20-18-25-16-17-26(33(25)36)19-21-32-35(4,5)28-13-8-10-15-30(28)38(32)23-11-24-42(39,40)41/h7-10,12-15,18-21H,6,11,16-17,22-24H2,1-5H3/p+1. The van der Waals surface area contributed by atoms with Crippen LogP contribution in [0.15, 0.2) is 94.7 Å². The molecule has 0 aromatic heterocycles. The Morgan fingerprint density at radius 1 is 0.952 bits per heavy atom. The fourth-order valence-electron chi connectivity index (χ4n) is 6.76. The number of benzene rings is 2. The van der Waals surface area contributed by atoms with Gasteiger partial charge in [0.25, 0.3) is 10.1 Å². The molecule has 5 nitrogen and oxygen atoms in total. The quantitative estimate of drug-likeness (QED) is 0.231. The first-order valence-corrected chi connectivity index (χ1v) is 16.9. The van der Waals surface area contributed by atoms with Gasteiger partial charge in [-0.25, -0.2) is 0 Å². The number of fused-ring (bicyclic) bond motifs is 2. The van der Waals surface area contributed by atoms with Crippen molar-refractivity contribution in [2.24, 2.45) is 0 Å². The zero-order valence-electron chi connectivity index (χ0n) is 25.3. The van der Waals surface area contributed by atoms with E-state index in [0.717, 1.165) is 53.4 Å². The molecule has 7 heteroatoms. The summed E-state index contributed by atoms with van der Waals surface area (Å²) in [6.07, 6.45) is 11.9. The number of nitrogens with zero attached hydrogens (tertiary/aromatic N) is 2. The van der Waals surface area contributed by atoms with E-state index in [1.54, 1.807) is 0 Å². The van der Waals surface area contributed by atoms with Gasteiger partial charge in [0, 0.05) is 52.5 Å². The minimum absolute atomic E-state index is 0.0845. The predicted molar refractivity (Wildman–Crippen MR) is 175 cm³/mol.